The molecule has 1 aromatic rings. The number of rotatable bonds is 4. The maximum atomic E-state index is 12.6. The molecule has 7 nitrogen and oxygen atoms in total. The summed E-state index contributed by atoms with van der Waals surface area (Å²) >= 11 is 0. The van der Waals surface area contributed by atoms with Crippen LogP contribution in [-0.4, -0.2) is 36.2 Å². The summed E-state index contributed by atoms with van der Waals surface area (Å²) < 4.78 is 23.7. The molecule has 0 bridgehead atoms. The minimum Gasteiger partial charge on any atom is -0.472 e. The van der Waals surface area contributed by atoms with E-state index in [1.165, 1.54) is 31.9 Å². The number of esters is 3. The van der Waals surface area contributed by atoms with Crippen molar-refractivity contribution in [1.29, 1.82) is 0 Å². The van der Waals surface area contributed by atoms with Crippen LogP contribution in [0.25, 0.3) is 0 Å². The summed E-state index contributed by atoms with van der Waals surface area (Å²) in [6, 6.07) is 2.07. The van der Waals surface area contributed by atoms with Crippen molar-refractivity contribution in [2.75, 3.05) is 0 Å². The summed E-state index contributed by atoms with van der Waals surface area (Å²) in [4.78, 5) is 37.2. The Hall–Kier alpha value is -2.57. The number of allylic oxidation sites excluding steroid dienone is 1. The number of hydrogen-bond acceptors (Lipinski definition) is 7. The minimum absolute atomic E-state index is 0.00842. The second-order valence-corrected chi connectivity index (χ2v) is 13.8. The van der Waals surface area contributed by atoms with Crippen LogP contribution in [0.2, 0.25) is 0 Å². The molecule has 7 heteroatoms. The Morgan fingerprint density at radius 3 is 2.05 bits per heavy atom. The van der Waals surface area contributed by atoms with E-state index in [-0.39, 0.29) is 41.3 Å². The molecule has 0 aliphatic heterocycles. The number of furan rings is 1. The largest absolute Gasteiger partial charge is 0.472 e. The van der Waals surface area contributed by atoms with Crippen molar-refractivity contribution in [3.63, 3.8) is 0 Å². The van der Waals surface area contributed by atoms with Gasteiger partial charge in [0.15, 0.2) is 0 Å². The summed E-state index contributed by atoms with van der Waals surface area (Å²) in [5, 5.41) is 0. The first-order valence-electron chi connectivity index (χ1n) is 14.4. The molecule has 9 unspecified atom stereocenters. The smallest absolute Gasteiger partial charge is 0.302 e. The van der Waals surface area contributed by atoms with Gasteiger partial charge in [0.05, 0.1) is 12.5 Å². The third kappa shape index (κ3) is 4.01. The molecule has 0 radical (unpaired) electrons. The molecule has 5 rings (SSSR count). The third-order valence-corrected chi connectivity index (χ3v) is 11.5. The molecule has 4 aliphatic carbocycles. The van der Waals surface area contributed by atoms with Crippen LogP contribution in [0.15, 0.2) is 34.7 Å². The van der Waals surface area contributed by atoms with Gasteiger partial charge in [-0.15, -0.1) is 0 Å². The van der Waals surface area contributed by atoms with Gasteiger partial charge in [0.1, 0.15) is 18.3 Å². The molecule has 9 atom stereocenters. The molecule has 39 heavy (non-hydrogen) atoms. The zero-order chi connectivity index (χ0) is 28.5. The maximum absolute atomic E-state index is 12.6. The number of carbonyl (C=O) groups is 3. The fourth-order valence-electron chi connectivity index (χ4n) is 9.96. The molecule has 0 saturated heterocycles. The highest BCUT2D eigenvalue weighted by atomic mass is 16.6. The Morgan fingerprint density at radius 2 is 1.46 bits per heavy atom. The van der Waals surface area contributed by atoms with Gasteiger partial charge in [-0.05, 0) is 60.5 Å². The Kier molecular flexibility index (Phi) is 6.63. The highest BCUT2D eigenvalue weighted by Crippen LogP contribution is 2.74. The topological polar surface area (TPSA) is 92.0 Å². The highest BCUT2D eigenvalue weighted by Gasteiger charge is 2.72. The van der Waals surface area contributed by atoms with Crippen molar-refractivity contribution in [2.45, 2.75) is 112 Å². The zero-order valence-electron chi connectivity index (χ0n) is 24.7. The van der Waals surface area contributed by atoms with Gasteiger partial charge < -0.3 is 18.6 Å². The molecule has 3 saturated carbocycles. The van der Waals surface area contributed by atoms with Crippen LogP contribution in [0, 0.1) is 33.5 Å². The molecular formula is C32H44O7. The van der Waals surface area contributed by atoms with Gasteiger partial charge in [0.25, 0.3) is 0 Å². The van der Waals surface area contributed by atoms with Crippen LogP contribution < -0.4 is 0 Å². The first-order chi connectivity index (χ1) is 18.2. The van der Waals surface area contributed by atoms with Crippen LogP contribution in [0.3, 0.4) is 0 Å². The van der Waals surface area contributed by atoms with Crippen molar-refractivity contribution < 1.29 is 33.0 Å². The predicted octanol–water partition coefficient (Wildman–Crippen LogP) is 6.37. The van der Waals surface area contributed by atoms with Crippen LogP contribution in [0.1, 0.15) is 99.0 Å². The van der Waals surface area contributed by atoms with E-state index < -0.39 is 28.5 Å². The van der Waals surface area contributed by atoms with Crippen LogP contribution >= 0.6 is 0 Å². The van der Waals surface area contributed by atoms with Crippen molar-refractivity contribution >= 4 is 17.9 Å². The standard InChI is InChI=1S/C32H44O7/c1-18(33)37-26-16-28(39-20(3)35)32(8)24-11-13-30(6)22(21-12-14-36-17-21)9-10-23(30)31(24,7)27(38-19(2)34)15-25(32)29(26,4)5/h10,12,14,17,22,24-28H,9,11,13,15-16H2,1-8H3. The van der Waals surface area contributed by atoms with Gasteiger partial charge >= 0.3 is 17.9 Å². The molecule has 0 spiro atoms. The fraction of sp³-hybridized carbons (Fsp3) is 0.719. The van der Waals surface area contributed by atoms with Crippen molar-refractivity contribution in [1.82, 2.24) is 0 Å². The molecule has 1 heterocycles. The average Bonchev–Trinajstić information content (AvgIpc) is 3.46. The predicted molar refractivity (Wildman–Crippen MR) is 144 cm³/mol. The SMILES string of the molecule is CC(=O)OC1CC(OC(C)=O)C2(C)C(CC(OC(C)=O)C3(C)C4=CCC(c5ccoc5)C4(C)CCC32)C1(C)C. The molecule has 0 amide bonds. The first-order valence-corrected chi connectivity index (χ1v) is 14.4. The van der Waals surface area contributed by atoms with E-state index in [1.54, 1.807) is 6.26 Å². The minimum atomic E-state index is -0.439. The first kappa shape index (κ1) is 28.0. The van der Waals surface area contributed by atoms with Gasteiger partial charge in [-0.1, -0.05) is 46.3 Å². The van der Waals surface area contributed by atoms with Crippen LogP contribution in [-0.2, 0) is 28.6 Å². The molecule has 214 valence electrons. The lowest BCUT2D eigenvalue weighted by Crippen LogP contribution is -2.70. The molecule has 4 aliphatic rings. The quantitative estimate of drug-likeness (QED) is 0.249. The van der Waals surface area contributed by atoms with Crippen LogP contribution in [0.4, 0.5) is 0 Å². The van der Waals surface area contributed by atoms with Crippen LogP contribution in [0.5, 0.6) is 0 Å². The fourth-order valence-corrected chi connectivity index (χ4v) is 9.96. The molecule has 0 N–H and O–H groups in total. The van der Waals surface area contributed by atoms with Gasteiger partial charge in [-0.2, -0.15) is 0 Å². The number of carbonyl (C=O) groups excluding carboxylic acids is 3. The summed E-state index contributed by atoms with van der Waals surface area (Å²) in [6.45, 7) is 15.6. The van der Waals surface area contributed by atoms with Crippen molar-refractivity contribution in [3.8, 4) is 0 Å². The number of hydrogen-bond donors (Lipinski definition) is 0. The summed E-state index contributed by atoms with van der Waals surface area (Å²) in [5.74, 6) is -0.574. The van der Waals surface area contributed by atoms with E-state index in [0.717, 1.165) is 19.3 Å². The van der Waals surface area contributed by atoms with Gasteiger partial charge in [-0.25, -0.2) is 0 Å². The van der Waals surface area contributed by atoms with Gasteiger partial charge in [0, 0.05) is 43.4 Å². The van der Waals surface area contributed by atoms with E-state index >= 15 is 0 Å². The molecule has 0 aromatic carbocycles. The second-order valence-electron chi connectivity index (χ2n) is 13.8. The monoisotopic (exact) mass is 540 g/mol. The third-order valence-electron chi connectivity index (χ3n) is 11.5. The lowest BCUT2D eigenvalue weighted by molar-refractivity contribution is -0.261. The highest BCUT2D eigenvalue weighted by molar-refractivity contribution is 5.67. The van der Waals surface area contributed by atoms with E-state index in [4.69, 9.17) is 18.6 Å². The molecule has 1 aromatic heterocycles. The molecule has 3 fully saturated rings. The lowest BCUT2D eigenvalue weighted by Gasteiger charge is -2.69. The van der Waals surface area contributed by atoms with Gasteiger partial charge in [0.2, 0.25) is 0 Å². The normalized spacial score (nSPS) is 42.3. The van der Waals surface area contributed by atoms with E-state index in [2.05, 4.69) is 46.8 Å². The average molecular weight is 541 g/mol. The Morgan fingerprint density at radius 1 is 0.846 bits per heavy atom. The van der Waals surface area contributed by atoms with Gasteiger partial charge in [-0.3, -0.25) is 14.4 Å². The summed E-state index contributed by atoms with van der Waals surface area (Å²) in [7, 11) is 0. The number of ether oxygens (including phenoxy) is 3. The van der Waals surface area contributed by atoms with E-state index in [0.29, 0.717) is 18.8 Å². The lowest BCUT2D eigenvalue weighted by atomic mass is 9.36. The van der Waals surface area contributed by atoms with Crippen molar-refractivity contribution in [3.05, 3.63) is 35.8 Å². The summed E-state index contributed by atoms with van der Waals surface area (Å²) in [5.41, 5.74) is 1.19. The van der Waals surface area contributed by atoms with E-state index in [1.807, 2.05) is 6.26 Å². The number of fused-ring (bicyclic) bond motifs is 5. The summed E-state index contributed by atoms with van der Waals surface area (Å²) in [6.07, 6.45) is 8.67. The Labute approximate surface area is 232 Å². The van der Waals surface area contributed by atoms with Crippen molar-refractivity contribution in [2.24, 2.45) is 33.5 Å². The second kappa shape index (κ2) is 9.24. The molecular weight excluding hydrogens is 496 g/mol. The maximum Gasteiger partial charge on any atom is 0.302 e. The Balaban J connectivity index is 1.65. The Bertz CT molecular complexity index is 1180. The zero-order valence-corrected chi connectivity index (χ0v) is 24.7. The van der Waals surface area contributed by atoms with E-state index in [9.17, 15) is 14.4 Å².